The third-order valence-electron chi connectivity index (χ3n) is 3.41. The van der Waals surface area contributed by atoms with Crippen LogP contribution in [-0.2, 0) is 4.79 Å². The van der Waals surface area contributed by atoms with E-state index in [2.05, 4.69) is 13.2 Å². The lowest BCUT2D eigenvalue weighted by Crippen LogP contribution is -2.55. The van der Waals surface area contributed by atoms with Gasteiger partial charge in [-0.15, -0.1) is 0 Å². The maximum Gasteiger partial charge on any atom is 0.242 e. The average Bonchev–Trinajstić information content (AvgIpc) is 2.32. The molecule has 0 bridgehead atoms. The predicted molar refractivity (Wildman–Crippen MR) is 72.7 cm³/mol. The molecule has 3 nitrogen and oxygen atoms in total. The Morgan fingerprint density at radius 3 is 2.31 bits per heavy atom. The van der Waals surface area contributed by atoms with Crippen molar-refractivity contribution in [1.29, 1.82) is 0 Å². The molecule has 0 aliphatic rings. The van der Waals surface area contributed by atoms with Crippen molar-refractivity contribution >= 4 is 17.7 Å². The summed E-state index contributed by atoms with van der Waals surface area (Å²) >= 11 is 1.81. The molecule has 0 aromatic carbocycles. The molecule has 0 heterocycles. The fourth-order valence-electron chi connectivity index (χ4n) is 1.59. The SMILES string of the molecule is CCC(N)(CC)C(=O)N(C)C(C)CCSC. The molecule has 0 saturated carbocycles. The summed E-state index contributed by atoms with van der Waals surface area (Å²) < 4.78 is 0. The third-order valence-corrected chi connectivity index (χ3v) is 4.05. The first kappa shape index (κ1) is 15.8. The van der Waals surface area contributed by atoms with Crippen LogP contribution in [0.25, 0.3) is 0 Å². The van der Waals surface area contributed by atoms with E-state index in [-0.39, 0.29) is 11.9 Å². The van der Waals surface area contributed by atoms with Gasteiger partial charge in [0.1, 0.15) is 0 Å². The van der Waals surface area contributed by atoms with Gasteiger partial charge in [0.15, 0.2) is 0 Å². The van der Waals surface area contributed by atoms with Crippen LogP contribution in [0, 0.1) is 0 Å². The van der Waals surface area contributed by atoms with Gasteiger partial charge in [0, 0.05) is 13.1 Å². The molecule has 0 spiro atoms. The lowest BCUT2D eigenvalue weighted by molar-refractivity contribution is -0.137. The third kappa shape index (κ3) is 3.98. The fourth-order valence-corrected chi connectivity index (χ4v) is 2.16. The summed E-state index contributed by atoms with van der Waals surface area (Å²) in [5, 5.41) is 0. The summed E-state index contributed by atoms with van der Waals surface area (Å²) in [6.45, 7) is 6.03. The van der Waals surface area contributed by atoms with E-state index >= 15 is 0 Å². The van der Waals surface area contributed by atoms with Crippen molar-refractivity contribution in [3.8, 4) is 0 Å². The molecule has 4 heteroatoms. The highest BCUT2D eigenvalue weighted by Crippen LogP contribution is 2.17. The van der Waals surface area contributed by atoms with Gasteiger partial charge < -0.3 is 10.6 Å². The molecule has 0 radical (unpaired) electrons. The number of hydrogen-bond acceptors (Lipinski definition) is 3. The number of amides is 1. The molecule has 1 amide bonds. The van der Waals surface area contributed by atoms with E-state index in [0.29, 0.717) is 12.8 Å². The Bertz CT molecular complexity index is 217. The summed E-state index contributed by atoms with van der Waals surface area (Å²) in [4.78, 5) is 14.0. The Hall–Kier alpha value is -0.220. The first-order valence-electron chi connectivity index (χ1n) is 5.98. The predicted octanol–water partition coefficient (Wildman–Crippen LogP) is 2.10. The summed E-state index contributed by atoms with van der Waals surface area (Å²) in [5.74, 6) is 1.15. The second-order valence-corrected chi connectivity index (χ2v) is 5.40. The van der Waals surface area contributed by atoms with Gasteiger partial charge in [-0.1, -0.05) is 13.8 Å². The molecule has 0 aliphatic heterocycles. The standard InChI is InChI=1S/C12H26N2OS/c1-6-12(13,7-2)11(15)14(4)10(3)8-9-16-5/h10H,6-9,13H2,1-5H3. The average molecular weight is 246 g/mol. The first-order chi connectivity index (χ1) is 7.42. The largest absolute Gasteiger partial charge is 0.341 e. The van der Waals surface area contributed by atoms with Crippen LogP contribution in [0.2, 0.25) is 0 Å². The minimum Gasteiger partial charge on any atom is -0.341 e. The highest BCUT2D eigenvalue weighted by molar-refractivity contribution is 7.98. The van der Waals surface area contributed by atoms with Gasteiger partial charge in [0.25, 0.3) is 0 Å². The number of carbonyl (C=O) groups excluding carboxylic acids is 1. The van der Waals surface area contributed by atoms with Gasteiger partial charge in [0.2, 0.25) is 5.91 Å². The number of rotatable bonds is 7. The topological polar surface area (TPSA) is 46.3 Å². The zero-order chi connectivity index (χ0) is 12.8. The second-order valence-electron chi connectivity index (χ2n) is 4.41. The van der Waals surface area contributed by atoms with Gasteiger partial charge in [-0.3, -0.25) is 4.79 Å². The highest BCUT2D eigenvalue weighted by atomic mass is 32.2. The molecule has 0 aromatic heterocycles. The number of nitrogens with zero attached hydrogens (tertiary/aromatic N) is 1. The Morgan fingerprint density at radius 2 is 1.94 bits per heavy atom. The van der Waals surface area contributed by atoms with Crippen LogP contribution in [0.3, 0.4) is 0 Å². The van der Waals surface area contributed by atoms with E-state index in [1.54, 1.807) is 0 Å². The van der Waals surface area contributed by atoms with Crippen LogP contribution >= 0.6 is 11.8 Å². The van der Waals surface area contributed by atoms with Crippen LogP contribution in [0.1, 0.15) is 40.0 Å². The number of likely N-dealkylation sites (N-methyl/N-ethyl adjacent to an activating group) is 1. The van der Waals surface area contributed by atoms with Gasteiger partial charge in [-0.2, -0.15) is 11.8 Å². The van der Waals surface area contributed by atoms with Gasteiger partial charge in [-0.25, -0.2) is 0 Å². The van der Waals surface area contributed by atoms with Crippen LogP contribution < -0.4 is 5.73 Å². The first-order valence-corrected chi connectivity index (χ1v) is 7.37. The molecule has 0 aliphatic carbocycles. The van der Waals surface area contributed by atoms with Crippen molar-refractivity contribution in [1.82, 2.24) is 4.90 Å². The van der Waals surface area contributed by atoms with Gasteiger partial charge in [0.05, 0.1) is 5.54 Å². The van der Waals surface area contributed by atoms with E-state index in [4.69, 9.17) is 5.73 Å². The van der Waals surface area contributed by atoms with Crippen molar-refractivity contribution in [2.24, 2.45) is 5.73 Å². The maximum atomic E-state index is 12.2. The smallest absolute Gasteiger partial charge is 0.242 e. The lowest BCUT2D eigenvalue weighted by atomic mass is 9.92. The molecule has 1 atom stereocenters. The van der Waals surface area contributed by atoms with Crippen LogP contribution in [0.15, 0.2) is 0 Å². The quantitative estimate of drug-likeness (QED) is 0.748. The van der Waals surface area contributed by atoms with Crippen molar-refractivity contribution < 1.29 is 4.79 Å². The van der Waals surface area contributed by atoms with E-state index in [1.165, 1.54) is 0 Å². The zero-order valence-corrected chi connectivity index (χ0v) is 12.1. The van der Waals surface area contributed by atoms with E-state index in [0.717, 1.165) is 12.2 Å². The van der Waals surface area contributed by atoms with Crippen molar-refractivity contribution in [2.45, 2.75) is 51.6 Å². The van der Waals surface area contributed by atoms with E-state index in [9.17, 15) is 4.79 Å². The van der Waals surface area contributed by atoms with Crippen LogP contribution in [0.5, 0.6) is 0 Å². The van der Waals surface area contributed by atoms with Crippen molar-refractivity contribution in [3.63, 3.8) is 0 Å². The summed E-state index contributed by atoms with van der Waals surface area (Å²) in [7, 11) is 1.86. The molecule has 0 saturated heterocycles. The minimum atomic E-state index is -0.678. The Kier molecular flexibility index (Phi) is 7.07. The van der Waals surface area contributed by atoms with Gasteiger partial charge >= 0.3 is 0 Å². The van der Waals surface area contributed by atoms with Gasteiger partial charge in [-0.05, 0) is 38.2 Å². The van der Waals surface area contributed by atoms with E-state index in [1.807, 2.05) is 37.6 Å². The minimum absolute atomic E-state index is 0.0751. The summed E-state index contributed by atoms with van der Waals surface area (Å²) in [5.41, 5.74) is 5.43. The summed E-state index contributed by atoms with van der Waals surface area (Å²) in [6, 6.07) is 0.265. The Balaban J connectivity index is 4.47. The number of hydrogen-bond donors (Lipinski definition) is 1. The maximum absolute atomic E-state index is 12.2. The lowest BCUT2D eigenvalue weighted by Gasteiger charge is -2.34. The molecule has 96 valence electrons. The normalized spacial score (nSPS) is 13.6. The highest BCUT2D eigenvalue weighted by Gasteiger charge is 2.33. The number of thioether (sulfide) groups is 1. The zero-order valence-electron chi connectivity index (χ0n) is 11.2. The van der Waals surface area contributed by atoms with Crippen molar-refractivity contribution in [3.05, 3.63) is 0 Å². The molecule has 0 aromatic rings. The molecule has 2 N–H and O–H groups in total. The summed E-state index contributed by atoms with van der Waals surface area (Å²) in [6.07, 6.45) is 4.50. The van der Waals surface area contributed by atoms with Crippen LogP contribution in [0.4, 0.5) is 0 Å². The molecule has 16 heavy (non-hydrogen) atoms. The monoisotopic (exact) mass is 246 g/mol. The Morgan fingerprint density at radius 1 is 1.44 bits per heavy atom. The second kappa shape index (κ2) is 7.17. The number of nitrogens with two attached hydrogens (primary N) is 1. The van der Waals surface area contributed by atoms with E-state index < -0.39 is 5.54 Å². The molecule has 0 fully saturated rings. The Labute approximate surface area is 104 Å². The molecular formula is C12H26N2OS. The van der Waals surface area contributed by atoms with Crippen molar-refractivity contribution in [2.75, 3.05) is 19.1 Å². The fraction of sp³-hybridized carbons (Fsp3) is 0.917. The van der Waals surface area contributed by atoms with Crippen LogP contribution in [-0.4, -0.2) is 41.4 Å². The number of carbonyl (C=O) groups is 1. The molecular weight excluding hydrogens is 220 g/mol. The molecule has 1 unspecified atom stereocenters. The molecule has 0 rings (SSSR count).